The van der Waals surface area contributed by atoms with Crippen LogP contribution in [0.1, 0.15) is 23.4 Å². The molecule has 5 heteroatoms. The smallest absolute Gasteiger partial charge is 0.224 e. The zero-order valence-electron chi connectivity index (χ0n) is 13.6. The number of aryl methyl sites for hydroxylation is 3. The molecule has 118 valence electrons. The predicted molar refractivity (Wildman–Crippen MR) is 91.4 cm³/mol. The van der Waals surface area contributed by atoms with Gasteiger partial charge in [0.15, 0.2) is 0 Å². The van der Waals surface area contributed by atoms with Crippen molar-refractivity contribution in [3.63, 3.8) is 0 Å². The van der Waals surface area contributed by atoms with Gasteiger partial charge in [0.1, 0.15) is 0 Å². The first-order valence-corrected chi connectivity index (χ1v) is 7.68. The first kappa shape index (κ1) is 15.2. The van der Waals surface area contributed by atoms with E-state index >= 15 is 0 Å². The molecule has 1 N–H and O–H groups in total. The average Bonchev–Trinajstić information content (AvgIpc) is 2.84. The van der Waals surface area contributed by atoms with Crippen LogP contribution in [-0.2, 0) is 18.3 Å². The molecule has 1 aromatic carbocycles. The number of para-hydroxylation sites is 1. The summed E-state index contributed by atoms with van der Waals surface area (Å²) in [6.45, 7) is 3.95. The van der Waals surface area contributed by atoms with E-state index in [0.29, 0.717) is 12.8 Å². The van der Waals surface area contributed by atoms with Gasteiger partial charge in [-0.25, -0.2) is 0 Å². The fraction of sp³-hybridized carbons (Fsp3) is 0.278. The molecule has 0 spiro atoms. The van der Waals surface area contributed by atoms with Crippen molar-refractivity contribution in [3.05, 3.63) is 53.5 Å². The number of nitrogens with one attached hydrogen (secondary N) is 1. The number of carbonyl (C=O) groups is 1. The van der Waals surface area contributed by atoms with Gasteiger partial charge in [0.25, 0.3) is 0 Å². The van der Waals surface area contributed by atoms with Crippen LogP contribution in [0.4, 0.5) is 5.69 Å². The van der Waals surface area contributed by atoms with E-state index in [1.54, 1.807) is 0 Å². The van der Waals surface area contributed by atoms with Crippen molar-refractivity contribution in [1.82, 2.24) is 14.8 Å². The van der Waals surface area contributed by atoms with Gasteiger partial charge >= 0.3 is 0 Å². The Morgan fingerprint density at radius 3 is 2.78 bits per heavy atom. The molecule has 3 rings (SSSR count). The first-order chi connectivity index (χ1) is 11.0. The summed E-state index contributed by atoms with van der Waals surface area (Å²) >= 11 is 0. The van der Waals surface area contributed by atoms with Crippen molar-refractivity contribution in [1.29, 1.82) is 0 Å². The van der Waals surface area contributed by atoms with Gasteiger partial charge in [-0.1, -0.05) is 18.2 Å². The number of pyridine rings is 1. The summed E-state index contributed by atoms with van der Waals surface area (Å²) in [6, 6.07) is 9.74. The van der Waals surface area contributed by atoms with E-state index < -0.39 is 0 Å². The van der Waals surface area contributed by atoms with Gasteiger partial charge in [-0.2, -0.15) is 5.10 Å². The largest absolute Gasteiger partial charge is 0.325 e. The maximum Gasteiger partial charge on any atom is 0.224 e. The number of anilines is 1. The van der Waals surface area contributed by atoms with Gasteiger partial charge in [-0.3, -0.25) is 14.5 Å². The molecule has 0 aliphatic rings. The molecule has 0 saturated carbocycles. The Bertz CT molecular complexity index is 867. The molecule has 0 aliphatic heterocycles. The minimum atomic E-state index is 0.00371. The molecule has 0 aliphatic carbocycles. The van der Waals surface area contributed by atoms with Crippen molar-refractivity contribution in [2.75, 3.05) is 5.32 Å². The molecule has 0 bridgehead atoms. The molecule has 0 atom stereocenters. The Balaban J connectivity index is 1.74. The van der Waals surface area contributed by atoms with Gasteiger partial charge < -0.3 is 5.32 Å². The maximum atomic E-state index is 12.3. The Kier molecular flexibility index (Phi) is 4.10. The van der Waals surface area contributed by atoms with E-state index in [-0.39, 0.29) is 5.91 Å². The van der Waals surface area contributed by atoms with Crippen molar-refractivity contribution in [2.24, 2.45) is 7.05 Å². The van der Waals surface area contributed by atoms with E-state index in [2.05, 4.69) is 15.4 Å². The fourth-order valence-electron chi connectivity index (χ4n) is 2.66. The third-order valence-corrected chi connectivity index (χ3v) is 4.08. The molecular weight excluding hydrogens is 288 g/mol. The van der Waals surface area contributed by atoms with Crippen LogP contribution >= 0.6 is 0 Å². The van der Waals surface area contributed by atoms with Crippen molar-refractivity contribution in [3.8, 4) is 0 Å². The number of amides is 1. The van der Waals surface area contributed by atoms with Crippen molar-refractivity contribution < 1.29 is 4.79 Å². The minimum Gasteiger partial charge on any atom is -0.325 e. The van der Waals surface area contributed by atoms with Crippen molar-refractivity contribution >= 4 is 22.5 Å². The van der Waals surface area contributed by atoms with E-state index in [0.717, 1.165) is 33.5 Å². The van der Waals surface area contributed by atoms with Crippen LogP contribution in [0.25, 0.3) is 10.9 Å². The molecule has 23 heavy (non-hydrogen) atoms. The number of rotatable bonds is 4. The highest BCUT2D eigenvalue weighted by atomic mass is 16.1. The van der Waals surface area contributed by atoms with Crippen LogP contribution in [0.3, 0.4) is 0 Å². The number of aromatic nitrogens is 3. The molecular formula is C18H20N4O. The summed E-state index contributed by atoms with van der Waals surface area (Å²) in [6.07, 6.45) is 2.95. The number of benzene rings is 1. The lowest BCUT2D eigenvalue weighted by Gasteiger charge is -2.09. The molecule has 0 fully saturated rings. The Hall–Kier alpha value is -2.69. The normalized spacial score (nSPS) is 10.9. The number of nitrogens with zero attached hydrogens (tertiary/aromatic N) is 3. The topological polar surface area (TPSA) is 59.8 Å². The molecule has 1 amide bonds. The van der Waals surface area contributed by atoms with Crippen LogP contribution in [0.15, 0.2) is 36.5 Å². The SMILES string of the molecule is Cc1cc(NC(=O)CCc2cnn(C)c2C)c2ccccc2n1. The van der Waals surface area contributed by atoms with Gasteiger partial charge in [0.05, 0.1) is 17.4 Å². The summed E-state index contributed by atoms with van der Waals surface area (Å²) < 4.78 is 1.83. The second-order valence-electron chi connectivity index (χ2n) is 5.76. The van der Waals surface area contributed by atoms with Crippen molar-refractivity contribution in [2.45, 2.75) is 26.7 Å². The number of fused-ring (bicyclic) bond motifs is 1. The summed E-state index contributed by atoms with van der Waals surface area (Å²) in [5.41, 5.74) is 4.82. The highest BCUT2D eigenvalue weighted by molar-refractivity contribution is 6.01. The lowest BCUT2D eigenvalue weighted by molar-refractivity contribution is -0.116. The number of carbonyl (C=O) groups excluding carboxylic acids is 1. The van der Waals surface area contributed by atoms with Gasteiger partial charge in [-0.15, -0.1) is 0 Å². The monoisotopic (exact) mass is 308 g/mol. The summed E-state index contributed by atoms with van der Waals surface area (Å²) in [5.74, 6) is 0.00371. The second-order valence-corrected chi connectivity index (χ2v) is 5.76. The van der Waals surface area contributed by atoms with Gasteiger partial charge in [0.2, 0.25) is 5.91 Å². The summed E-state index contributed by atoms with van der Waals surface area (Å²) in [4.78, 5) is 16.8. The quantitative estimate of drug-likeness (QED) is 0.805. The van der Waals surface area contributed by atoms with E-state index in [4.69, 9.17) is 0 Å². The zero-order chi connectivity index (χ0) is 16.4. The number of hydrogen-bond acceptors (Lipinski definition) is 3. The molecule has 3 aromatic rings. The Labute approximate surface area is 135 Å². The standard InChI is InChI=1S/C18H20N4O/c1-12-10-17(15-6-4-5-7-16(15)20-12)21-18(23)9-8-14-11-19-22(3)13(14)2/h4-7,10-11H,8-9H2,1-3H3,(H,20,21,23). The Morgan fingerprint density at radius 1 is 1.26 bits per heavy atom. The lowest BCUT2D eigenvalue weighted by Crippen LogP contribution is -2.13. The van der Waals surface area contributed by atoms with Crippen LogP contribution in [0.2, 0.25) is 0 Å². The molecule has 2 heterocycles. The van der Waals surface area contributed by atoms with Crippen LogP contribution in [0.5, 0.6) is 0 Å². The molecule has 5 nitrogen and oxygen atoms in total. The summed E-state index contributed by atoms with van der Waals surface area (Å²) in [5, 5.41) is 8.19. The van der Waals surface area contributed by atoms with Gasteiger partial charge in [-0.05, 0) is 38.0 Å². The minimum absolute atomic E-state index is 0.00371. The fourth-order valence-corrected chi connectivity index (χ4v) is 2.66. The van der Waals surface area contributed by atoms with E-state index in [9.17, 15) is 4.79 Å². The van der Waals surface area contributed by atoms with E-state index in [1.807, 2.05) is 62.1 Å². The molecule has 0 radical (unpaired) electrons. The van der Waals surface area contributed by atoms with E-state index in [1.165, 1.54) is 0 Å². The first-order valence-electron chi connectivity index (χ1n) is 7.68. The molecule has 0 unspecified atom stereocenters. The zero-order valence-corrected chi connectivity index (χ0v) is 13.6. The predicted octanol–water partition coefficient (Wildman–Crippen LogP) is 3.16. The highest BCUT2D eigenvalue weighted by Crippen LogP contribution is 2.23. The highest BCUT2D eigenvalue weighted by Gasteiger charge is 2.10. The molecule has 0 saturated heterocycles. The Morgan fingerprint density at radius 2 is 2.04 bits per heavy atom. The number of hydrogen-bond donors (Lipinski definition) is 1. The third-order valence-electron chi connectivity index (χ3n) is 4.08. The van der Waals surface area contributed by atoms with Crippen LogP contribution < -0.4 is 5.32 Å². The second kappa shape index (κ2) is 6.20. The molecule has 2 aromatic heterocycles. The third kappa shape index (κ3) is 3.23. The van der Waals surface area contributed by atoms with Crippen LogP contribution in [-0.4, -0.2) is 20.7 Å². The average molecular weight is 308 g/mol. The van der Waals surface area contributed by atoms with Crippen LogP contribution in [0, 0.1) is 13.8 Å². The summed E-state index contributed by atoms with van der Waals surface area (Å²) in [7, 11) is 1.91. The maximum absolute atomic E-state index is 12.3. The lowest BCUT2D eigenvalue weighted by atomic mass is 10.1. The van der Waals surface area contributed by atoms with Gasteiger partial charge in [0, 0.05) is 30.2 Å².